The molecule has 0 spiro atoms. The Kier molecular flexibility index (Phi) is 4.90. The van der Waals surface area contributed by atoms with E-state index in [1.807, 2.05) is 0 Å². The second-order valence-electron chi connectivity index (χ2n) is 4.92. The molecule has 1 heterocycles. The van der Waals surface area contributed by atoms with Crippen molar-refractivity contribution in [3.05, 3.63) is 35.6 Å². The Morgan fingerprint density at radius 1 is 1.21 bits per heavy atom. The molecule has 4 nitrogen and oxygen atoms in total. The van der Waals surface area contributed by atoms with Crippen molar-refractivity contribution in [3.63, 3.8) is 0 Å². The van der Waals surface area contributed by atoms with Gasteiger partial charge in [-0.15, -0.1) is 0 Å². The standard InChI is InChI=1S/C13H19FN2O2S/c14-13-3-1-11(2-4-13)9-16-19(17,18)10-12-5-7-15-8-6-12/h1-4,12,15-16H,5-10H2. The smallest absolute Gasteiger partial charge is 0.212 e. The fourth-order valence-corrected chi connectivity index (χ4v) is 3.67. The molecule has 2 rings (SSSR count). The topological polar surface area (TPSA) is 58.2 Å². The van der Waals surface area contributed by atoms with Crippen LogP contribution in [0.2, 0.25) is 0 Å². The molecule has 19 heavy (non-hydrogen) atoms. The predicted molar refractivity (Wildman–Crippen MR) is 72.6 cm³/mol. The van der Waals surface area contributed by atoms with Gasteiger partial charge in [-0.2, -0.15) is 0 Å². The fraction of sp³-hybridized carbons (Fsp3) is 0.538. The summed E-state index contributed by atoms with van der Waals surface area (Å²) in [5.41, 5.74) is 0.760. The van der Waals surface area contributed by atoms with Gasteiger partial charge in [-0.3, -0.25) is 0 Å². The van der Waals surface area contributed by atoms with Gasteiger partial charge in [-0.1, -0.05) is 12.1 Å². The molecule has 106 valence electrons. The molecule has 1 aromatic carbocycles. The first kappa shape index (κ1) is 14.4. The molecule has 1 saturated heterocycles. The number of hydrogen-bond acceptors (Lipinski definition) is 3. The van der Waals surface area contributed by atoms with E-state index in [1.165, 1.54) is 12.1 Å². The second-order valence-corrected chi connectivity index (χ2v) is 6.77. The fourth-order valence-electron chi connectivity index (χ4n) is 2.21. The van der Waals surface area contributed by atoms with Crippen LogP contribution in [0.3, 0.4) is 0 Å². The highest BCUT2D eigenvalue weighted by Gasteiger charge is 2.20. The zero-order valence-corrected chi connectivity index (χ0v) is 11.5. The minimum atomic E-state index is -3.26. The maximum Gasteiger partial charge on any atom is 0.212 e. The van der Waals surface area contributed by atoms with Crippen LogP contribution in [-0.4, -0.2) is 27.3 Å². The lowest BCUT2D eigenvalue weighted by Crippen LogP contribution is -2.35. The third kappa shape index (κ3) is 4.89. The van der Waals surface area contributed by atoms with Crippen LogP contribution < -0.4 is 10.0 Å². The van der Waals surface area contributed by atoms with Crippen LogP contribution in [0, 0.1) is 11.7 Å². The minimum Gasteiger partial charge on any atom is -0.317 e. The van der Waals surface area contributed by atoms with Gasteiger partial charge in [0.1, 0.15) is 5.82 Å². The Morgan fingerprint density at radius 3 is 2.47 bits per heavy atom. The van der Waals surface area contributed by atoms with Gasteiger partial charge in [0.2, 0.25) is 10.0 Å². The van der Waals surface area contributed by atoms with Crippen LogP contribution in [0.25, 0.3) is 0 Å². The Bertz CT molecular complexity index is 496. The zero-order chi connectivity index (χ0) is 13.7. The lowest BCUT2D eigenvalue weighted by molar-refractivity contribution is 0.400. The summed E-state index contributed by atoms with van der Waals surface area (Å²) < 4.78 is 39.2. The normalized spacial score (nSPS) is 17.5. The van der Waals surface area contributed by atoms with Crippen molar-refractivity contribution in [2.24, 2.45) is 5.92 Å². The zero-order valence-electron chi connectivity index (χ0n) is 10.7. The van der Waals surface area contributed by atoms with Gasteiger partial charge >= 0.3 is 0 Å². The van der Waals surface area contributed by atoms with Crippen LogP contribution >= 0.6 is 0 Å². The van der Waals surface area contributed by atoms with Crippen molar-refractivity contribution >= 4 is 10.0 Å². The van der Waals surface area contributed by atoms with Crippen molar-refractivity contribution in [2.45, 2.75) is 19.4 Å². The predicted octanol–water partition coefficient (Wildman–Crippen LogP) is 1.24. The molecule has 1 aromatic rings. The number of nitrogens with one attached hydrogen (secondary N) is 2. The number of piperidine rings is 1. The number of sulfonamides is 1. The van der Waals surface area contributed by atoms with E-state index in [4.69, 9.17) is 0 Å². The van der Waals surface area contributed by atoms with Gasteiger partial charge < -0.3 is 5.32 Å². The summed E-state index contributed by atoms with van der Waals surface area (Å²) in [6.07, 6.45) is 1.80. The van der Waals surface area contributed by atoms with Crippen LogP contribution in [0.5, 0.6) is 0 Å². The van der Waals surface area contributed by atoms with E-state index in [0.29, 0.717) is 0 Å². The van der Waals surface area contributed by atoms with Crippen LogP contribution in [-0.2, 0) is 16.6 Å². The molecule has 0 radical (unpaired) electrons. The molecule has 1 fully saturated rings. The largest absolute Gasteiger partial charge is 0.317 e. The number of benzene rings is 1. The summed E-state index contributed by atoms with van der Waals surface area (Å²) >= 11 is 0. The first-order valence-corrected chi connectivity index (χ1v) is 8.13. The van der Waals surface area contributed by atoms with E-state index in [-0.39, 0.29) is 24.0 Å². The van der Waals surface area contributed by atoms with Gasteiger partial charge in [-0.25, -0.2) is 17.5 Å². The van der Waals surface area contributed by atoms with E-state index >= 15 is 0 Å². The molecule has 0 amide bonds. The van der Waals surface area contributed by atoms with Crippen LogP contribution in [0.15, 0.2) is 24.3 Å². The number of halogens is 1. The molecule has 0 saturated carbocycles. The Morgan fingerprint density at radius 2 is 1.84 bits per heavy atom. The maximum atomic E-state index is 12.7. The van der Waals surface area contributed by atoms with Gasteiger partial charge in [-0.05, 0) is 49.5 Å². The third-order valence-corrected chi connectivity index (χ3v) is 4.82. The van der Waals surface area contributed by atoms with E-state index in [2.05, 4.69) is 10.0 Å². The maximum absolute atomic E-state index is 12.7. The van der Waals surface area contributed by atoms with Crippen molar-refractivity contribution in [1.82, 2.24) is 10.0 Å². The van der Waals surface area contributed by atoms with E-state index in [9.17, 15) is 12.8 Å². The molecule has 0 unspecified atom stereocenters. The van der Waals surface area contributed by atoms with Crippen molar-refractivity contribution in [3.8, 4) is 0 Å². The summed E-state index contributed by atoms with van der Waals surface area (Å²) in [6.45, 7) is 1.99. The van der Waals surface area contributed by atoms with E-state index in [0.717, 1.165) is 31.5 Å². The van der Waals surface area contributed by atoms with Gasteiger partial charge in [0.05, 0.1) is 5.75 Å². The average molecular weight is 286 g/mol. The number of rotatable bonds is 5. The Labute approximate surface area is 113 Å². The van der Waals surface area contributed by atoms with Crippen LogP contribution in [0.4, 0.5) is 4.39 Å². The van der Waals surface area contributed by atoms with Crippen molar-refractivity contribution in [1.29, 1.82) is 0 Å². The van der Waals surface area contributed by atoms with Gasteiger partial charge in [0.25, 0.3) is 0 Å². The highest BCUT2D eigenvalue weighted by molar-refractivity contribution is 7.89. The summed E-state index contributed by atoms with van der Waals surface area (Å²) in [6, 6.07) is 5.83. The van der Waals surface area contributed by atoms with E-state index in [1.54, 1.807) is 12.1 Å². The number of hydrogen-bond donors (Lipinski definition) is 2. The molecular formula is C13H19FN2O2S. The van der Waals surface area contributed by atoms with Gasteiger partial charge in [0, 0.05) is 6.54 Å². The Hall–Kier alpha value is -0.980. The lowest BCUT2D eigenvalue weighted by atomic mass is 10.0. The SMILES string of the molecule is O=S(=O)(CC1CCNCC1)NCc1ccc(F)cc1. The van der Waals surface area contributed by atoms with Gasteiger partial charge in [0.15, 0.2) is 0 Å². The first-order valence-electron chi connectivity index (χ1n) is 6.48. The van der Waals surface area contributed by atoms with Crippen LogP contribution in [0.1, 0.15) is 18.4 Å². The lowest BCUT2D eigenvalue weighted by Gasteiger charge is -2.22. The molecule has 2 N–H and O–H groups in total. The van der Waals surface area contributed by atoms with E-state index < -0.39 is 10.0 Å². The van der Waals surface area contributed by atoms with Crippen molar-refractivity contribution in [2.75, 3.05) is 18.8 Å². The molecule has 6 heteroatoms. The van der Waals surface area contributed by atoms with Crippen molar-refractivity contribution < 1.29 is 12.8 Å². The molecular weight excluding hydrogens is 267 g/mol. The molecule has 0 bridgehead atoms. The molecule has 0 atom stereocenters. The molecule has 0 aliphatic carbocycles. The summed E-state index contributed by atoms with van der Waals surface area (Å²) in [4.78, 5) is 0. The molecule has 1 aliphatic rings. The second kappa shape index (κ2) is 6.45. The quantitative estimate of drug-likeness (QED) is 0.856. The summed E-state index contributed by atoms with van der Waals surface area (Å²) in [5, 5.41) is 3.21. The monoisotopic (exact) mass is 286 g/mol. The molecule has 1 aliphatic heterocycles. The minimum absolute atomic E-state index is 0.176. The Balaban J connectivity index is 1.84. The molecule has 0 aromatic heterocycles. The first-order chi connectivity index (χ1) is 9.05. The highest BCUT2D eigenvalue weighted by Crippen LogP contribution is 2.14. The summed E-state index contributed by atoms with van der Waals surface area (Å²) in [5.74, 6) is 0.0869. The highest BCUT2D eigenvalue weighted by atomic mass is 32.2. The summed E-state index contributed by atoms with van der Waals surface area (Å²) in [7, 11) is -3.26. The third-order valence-electron chi connectivity index (χ3n) is 3.32. The average Bonchev–Trinajstić information content (AvgIpc) is 2.39.